The predicted molar refractivity (Wildman–Crippen MR) is 52.8 cm³/mol. The Bertz CT molecular complexity index is 141. The molecule has 12 heavy (non-hydrogen) atoms. The highest BCUT2D eigenvalue weighted by molar-refractivity contribution is 7.80. The van der Waals surface area contributed by atoms with Crippen LogP contribution in [0.3, 0.4) is 0 Å². The van der Waals surface area contributed by atoms with Gasteiger partial charge in [0.2, 0.25) is 0 Å². The summed E-state index contributed by atoms with van der Waals surface area (Å²) in [6, 6.07) is -0.191. The van der Waals surface area contributed by atoms with Crippen LogP contribution in [0.1, 0.15) is 26.7 Å². The SMILES string of the molecule is CCC(C)N[C@@H](CCS)C(=O)O. The molecule has 0 radical (unpaired) electrons. The van der Waals surface area contributed by atoms with Crippen LogP contribution in [0.25, 0.3) is 0 Å². The van der Waals surface area contributed by atoms with Crippen LogP contribution >= 0.6 is 12.6 Å². The fourth-order valence-corrected chi connectivity index (χ4v) is 1.13. The molecule has 0 saturated carbocycles. The summed E-state index contributed by atoms with van der Waals surface area (Å²) in [4.78, 5) is 10.6. The Morgan fingerprint density at radius 2 is 2.25 bits per heavy atom. The third-order valence-corrected chi connectivity index (χ3v) is 2.07. The maximum Gasteiger partial charge on any atom is 0.320 e. The van der Waals surface area contributed by atoms with Gasteiger partial charge in [0.1, 0.15) is 6.04 Å². The van der Waals surface area contributed by atoms with Crippen LogP contribution in [0.15, 0.2) is 0 Å². The second-order valence-electron chi connectivity index (χ2n) is 2.88. The third kappa shape index (κ3) is 4.62. The first kappa shape index (κ1) is 11.8. The van der Waals surface area contributed by atoms with Gasteiger partial charge in [0, 0.05) is 6.04 Å². The number of thiol groups is 1. The lowest BCUT2D eigenvalue weighted by atomic mass is 10.2. The number of carbonyl (C=O) groups is 1. The molecular formula is C8H17NO2S. The molecule has 0 aliphatic carbocycles. The highest BCUT2D eigenvalue weighted by Gasteiger charge is 2.17. The number of carboxylic acid groups (broad SMARTS) is 1. The fourth-order valence-electron chi connectivity index (χ4n) is 0.868. The van der Waals surface area contributed by atoms with E-state index >= 15 is 0 Å². The van der Waals surface area contributed by atoms with Gasteiger partial charge in [-0.05, 0) is 25.5 Å². The van der Waals surface area contributed by atoms with Crippen molar-refractivity contribution >= 4 is 18.6 Å². The summed E-state index contributed by atoms with van der Waals surface area (Å²) in [5.41, 5.74) is 0. The van der Waals surface area contributed by atoms with Crippen molar-refractivity contribution in [1.82, 2.24) is 5.32 Å². The predicted octanol–water partition coefficient (Wildman–Crippen LogP) is 1.15. The molecule has 0 aromatic rings. The molecule has 72 valence electrons. The molecule has 0 aromatic heterocycles. The monoisotopic (exact) mass is 191 g/mol. The Kier molecular flexibility index (Phi) is 6.20. The van der Waals surface area contributed by atoms with E-state index in [1.165, 1.54) is 0 Å². The summed E-state index contributed by atoms with van der Waals surface area (Å²) in [7, 11) is 0. The molecular weight excluding hydrogens is 174 g/mol. The number of carboxylic acids is 1. The van der Waals surface area contributed by atoms with Gasteiger partial charge in [-0.1, -0.05) is 6.92 Å². The molecule has 0 heterocycles. The number of aliphatic carboxylic acids is 1. The van der Waals surface area contributed by atoms with Gasteiger partial charge in [0.05, 0.1) is 0 Å². The quantitative estimate of drug-likeness (QED) is 0.552. The van der Waals surface area contributed by atoms with Gasteiger partial charge in [-0.15, -0.1) is 0 Å². The molecule has 3 nitrogen and oxygen atoms in total. The van der Waals surface area contributed by atoms with Crippen molar-refractivity contribution in [3.63, 3.8) is 0 Å². The molecule has 0 amide bonds. The zero-order valence-electron chi connectivity index (χ0n) is 7.58. The first-order valence-electron chi connectivity index (χ1n) is 4.21. The van der Waals surface area contributed by atoms with E-state index in [1.54, 1.807) is 0 Å². The molecule has 0 aliphatic heterocycles. The number of hydrogen-bond donors (Lipinski definition) is 3. The fraction of sp³-hybridized carbons (Fsp3) is 0.875. The van der Waals surface area contributed by atoms with E-state index in [4.69, 9.17) is 5.11 Å². The van der Waals surface area contributed by atoms with Crippen molar-refractivity contribution in [3.8, 4) is 0 Å². The lowest BCUT2D eigenvalue weighted by Gasteiger charge is -2.17. The zero-order chi connectivity index (χ0) is 9.56. The molecule has 0 bridgehead atoms. The minimum Gasteiger partial charge on any atom is -0.480 e. The maximum atomic E-state index is 10.6. The van der Waals surface area contributed by atoms with E-state index in [0.29, 0.717) is 12.2 Å². The van der Waals surface area contributed by atoms with E-state index in [0.717, 1.165) is 6.42 Å². The van der Waals surface area contributed by atoms with Gasteiger partial charge in [0.25, 0.3) is 0 Å². The van der Waals surface area contributed by atoms with Crippen LogP contribution in [0.2, 0.25) is 0 Å². The molecule has 0 aliphatic rings. The Labute approximate surface area is 79.0 Å². The maximum absolute atomic E-state index is 10.6. The molecule has 1 unspecified atom stereocenters. The van der Waals surface area contributed by atoms with Crippen LogP contribution in [-0.4, -0.2) is 28.9 Å². The summed E-state index contributed by atoms with van der Waals surface area (Å²) in [6.45, 7) is 4.01. The van der Waals surface area contributed by atoms with Crippen molar-refractivity contribution in [2.45, 2.75) is 38.8 Å². The minimum absolute atomic E-state index is 0.256. The summed E-state index contributed by atoms with van der Waals surface area (Å²) in [5, 5.41) is 11.8. The van der Waals surface area contributed by atoms with E-state index in [2.05, 4.69) is 17.9 Å². The molecule has 0 rings (SSSR count). The van der Waals surface area contributed by atoms with Crippen molar-refractivity contribution in [3.05, 3.63) is 0 Å². The summed E-state index contributed by atoms with van der Waals surface area (Å²) >= 11 is 4.00. The molecule has 4 heteroatoms. The summed E-state index contributed by atoms with van der Waals surface area (Å²) in [6.07, 6.45) is 1.51. The highest BCUT2D eigenvalue weighted by atomic mass is 32.1. The third-order valence-electron chi connectivity index (χ3n) is 1.81. The second kappa shape index (κ2) is 6.31. The van der Waals surface area contributed by atoms with E-state index in [1.807, 2.05) is 13.8 Å². The number of nitrogens with one attached hydrogen (secondary N) is 1. The van der Waals surface area contributed by atoms with Gasteiger partial charge in [-0.25, -0.2) is 0 Å². The highest BCUT2D eigenvalue weighted by Crippen LogP contribution is 1.98. The molecule has 0 saturated heterocycles. The smallest absolute Gasteiger partial charge is 0.320 e. The Morgan fingerprint density at radius 3 is 2.58 bits per heavy atom. The van der Waals surface area contributed by atoms with Gasteiger partial charge in [0.15, 0.2) is 0 Å². The van der Waals surface area contributed by atoms with Crippen LogP contribution in [-0.2, 0) is 4.79 Å². The Morgan fingerprint density at radius 1 is 1.67 bits per heavy atom. The van der Waals surface area contributed by atoms with E-state index in [-0.39, 0.29) is 6.04 Å². The van der Waals surface area contributed by atoms with Gasteiger partial charge >= 0.3 is 5.97 Å². The second-order valence-corrected chi connectivity index (χ2v) is 3.33. The molecule has 0 aromatic carbocycles. The Hall–Kier alpha value is -0.220. The van der Waals surface area contributed by atoms with Crippen molar-refractivity contribution in [2.75, 3.05) is 5.75 Å². The first-order chi connectivity index (χ1) is 5.61. The summed E-state index contributed by atoms with van der Waals surface area (Å²) in [5.74, 6) is -0.190. The van der Waals surface area contributed by atoms with Crippen molar-refractivity contribution in [1.29, 1.82) is 0 Å². The molecule has 2 N–H and O–H groups in total. The van der Waals surface area contributed by atoms with Gasteiger partial charge in [-0.2, -0.15) is 12.6 Å². The number of rotatable bonds is 6. The Balaban J connectivity index is 3.86. The van der Waals surface area contributed by atoms with Crippen molar-refractivity contribution in [2.24, 2.45) is 0 Å². The first-order valence-corrected chi connectivity index (χ1v) is 4.84. The summed E-state index contributed by atoms with van der Waals surface area (Å²) < 4.78 is 0. The topological polar surface area (TPSA) is 49.3 Å². The average molecular weight is 191 g/mol. The van der Waals surface area contributed by atoms with Gasteiger partial charge < -0.3 is 10.4 Å². The normalized spacial score (nSPS) is 15.6. The lowest BCUT2D eigenvalue weighted by Crippen LogP contribution is -2.42. The van der Waals surface area contributed by atoms with Gasteiger partial charge in [-0.3, -0.25) is 4.79 Å². The van der Waals surface area contributed by atoms with Crippen molar-refractivity contribution < 1.29 is 9.90 Å². The molecule has 2 atom stereocenters. The van der Waals surface area contributed by atoms with Crippen LogP contribution in [0.4, 0.5) is 0 Å². The average Bonchev–Trinajstić information content (AvgIpc) is 2.03. The van der Waals surface area contributed by atoms with E-state index < -0.39 is 12.0 Å². The van der Waals surface area contributed by atoms with Crippen LogP contribution < -0.4 is 5.32 Å². The lowest BCUT2D eigenvalue weighted by molar-refractivity contribution is -0.139. The van der Waals surface area contributed by atoms with Crippen LogP contribution in [0, 0.1) is 0 Å². The molecule has 0 spiro atoms. The standard InChI is InChI=1S/C8H17NO2S/c1-3-6(2)9-7(4-5-12)8(10)11/h6-7,9,12H,3-5H2,1-2H3,(H,10,11)/t6?,7-/m0/s1. The zero-order valence-corrected chi connectivity index (χ0v) is 8.47. The molecule has 0 fully saturated rings. The van der Waals surface area contributed by atoms with E-state index in [9.17, 15) is 4.79 Å². The van der Waals surface area contributed by atoms with Crippen LogP contribution in [0.5, 0.6) is 0 Å². The minimum atomic E-state index is -0.788. The number of hydrogen-bond acceptors (Lipinski definition) is 3. The largest absolute Gasteiger partial charge is 0.480 e.